The number of aliphatic carboxylic acids is 1. The highest BCUT2D eigenvalue weighted by Crippen LogP contribution is 2.34. The number of halogens is 1. The first-order valence-corrected chi connectivity index (χ1v) is 10.9. The van der Waals surface area contributed by atoms with Crippen molar-refractivity contribution in [3.63, 3.8) is 0 Å². The lowest BCUT2D eigenvalue weighted by Gasteiger charge is -2.21. The number of benzene rings is 2. The van der Waals surface area contributed by atoms with Crippen LogP contribution in [0.4, 0.5) is 10.1 Å². The molecule has 1 unspecified atom stereocenters. The smallest absolute Gasteiger partial charge is 0.349 e. The first-order chi connectivity index (χ1) is 18.0. The molecule has 14 heteroatoms. The van der Waals surface area contributed by atoms with Crippen LogP contribution in [0.15, 0.2) is 59.5 Å². The number of nitrogens with zero attached hydrogens (tertiary/aromatic N) is 2. The average molecular weight is 529 g/mol. The van der Waals surface area contributed by atoms with Gasteiger partial charge in [0, 0.05) is 29.8 Å². The van der Waals surface area contributed by atoms with Gasteiger partial charge in [0.15, 0.2) is 17.4 Å². The number of carboxylic acid groups (broad SMARTS) is 1. The molecule has 3 aromatic rings. The Hall–Kier alpha value is -5.27. The van der Waals surface area contributed by atoms with Crippen molar-refractivity contribution in [1.82, 2.24) is 14.8 Å². The molecule has 0 fully saturated rings. The van der Waals surface area contributed by atoms with Gasteiger partial charge in [-0.2, -0.15) is 4.68 Å². The first kappa shape index (κ1) is 29.0. The van der Waals surface area contributed by atoms with Crippen LogP contribution in [0.5, 0.6) is 11.5 Å². The highest BCUT2D eigenvalue weighted by Gasteiger charge is 2.26. The molecule has 1 atom stereocenters. The van der Waals surface area contributed by atoms with Crippen molar-refractivity contribution >= 4 is 23.3 Å². The van der Waals surface area contributed by atoms with Gasteiger partial charge in [0.2, 0.25) is 0 Å². The van der Waals surface area contributed by atoms with Crippen LogP contribution in [0.25, 0.3) is 5.82 Å². The second-order valence-corrected chi connectivity index (χ2v) is 7.52. The minimum absolute atomic E-state index is 0.00227. The number of nitrogens with one attached hydrogen (secondary N) is 3. The summed E-state index contributed by atoms with van der Waals surface area (Å²) < 4.78 is 26.7. The van der Waals surface area contributed by atoms with Gasteiger partial charge in [-0.15, -0.1) is 5.10 Å². The topological polar surface area (TPSA) is 220 Å². The van der Waals surface area contributed by atoms with E-state index in [1.807, 2.05) is 0 Å². The number of carboxylic acids is 1. The molecule has 3 rings (SSSR count). The second kappa shape index (κ2) is 13.2. The molecule has 10 N–H and O–H groups in total. The van der Waals surface area contributed by atoms with E-state index in [0.29, 0.717) is 17.0 Å². The summed E-state index contributed by atoms with van der Waals surface area (Å²) in [5.41, 5.74) is 17.3. The third-order valence-electron chi connectivity index (χ3n) is 4.85. The van der Waals surface area contributed by atoms with E-state index < -0.39 is 23.5 Å². The number of hydrogen-bond acceptors (Lipinski definition) is 9. The van der Waals surface area contributed by atoms with E-state index in [1.165, 1.54) is 44.7 Å². The van der Waals surface area contributed by atoms with Gasteiger partial charge in [-0.25, -0.2) is 9.18 Å². The Morgan fingerprint density at radius 1 is 1.24 bits per heavy atom. The largest absolute Gasteiger partial charge is 0.497 e. The molecule has 0 aliphatic rings. The number of amidine groups is 1. The molecule has 0 radical (unpaired) electrons. The van der Waals surface area contributed by atoms with Gasteiger partial charge in [0.1, 0.15) is 23.4 Å². The summed E-state index contributed by atoms with van der Waals surface area (Å²) in [7, 11) is 2.77. The van der Waals surface area contributed by atoms with E-state index in [2.05, 4.69) is 15.4 Å². The number of methoxy groups -OCH3 is 2. The minimum atomic E-state index is -0.987. The maximum atomic E-state index is 15.4. The molecule has 0 saturated carbocycles. The Balaban J connectivity index is 0.00000118. The summed E-state index contributed by atoms with van der Waals surface area (Å²) >= 11 is 0. The summed E-state index contributed by atoms with van der Waals surface area (Å²) in [5, 5.41) is 22.4. The van der Waals surface area contributed by atoms with Crippen molar-refractivity contribution in [2.24, 2.45) is 17.2 Å². The van der Waals surface area contributed by atoms with Gasteiger partial charge >= 0.3 is 5.69 Å². The summed E-state index contributed by atoms with van der Waals surface area (Å²) in [5.74, 6) is -1.25. The van der Waals surface area contributed by atoms with Crippen molar-refractivity contribution in [2.75, 3.05) is 19.5 Å². The molecule has 38 heavy (non-hydrogen) atoms. The summed E-state index contributed by atoms with van der Waals surface area (Å²) in [6.07, 6.45) is 4.08. The number of carbonyl (C=O) groups is 1. The summed E-state index contributed by atoms with van der Waals surface area (Å²) in [6.45, 7) is 1.08. The Labute approximate surface area is 216 Å². The van der Waals surface area contributed by atoms with E-state index in [0.717, 1.165) is 11.6 Å². The summed E-state index contributed by atoms with van der Waals surface area (Å²) in [6, 6.07) is 8.46. The van der Waals surface area contributed by atoms with Gasteiger partial charge in [-0.1, -0.05) is 0 Å². The highest BCUT2D eigenvalue weighted by molar-refractivity contribution is 5.95. The standard InChI is InChI=1S/C22H25FN8O3.C2H4O2/c1-33-14-10-15(18(23)16(11-14)34-2)19(28-13-7-5-12(6-8-13)20(26)27)21-29-22(32)31(30-21)17(25)4-3-9-24;1-2(3)4/h3-11,19,28H,24-25H2,1-2H3,(H3,26,27)(H,29,30,32);1H3,(H,3,4)/b9-3-,17-4+;. The molecular formula is C24H29FN8O5. The van der Waals surface area contributed by atoms with E-state index in [4.69, 9.17) is 42.0 Å². The lowest BCUT2D eigenvalue weighted by molar-refractivity contribution is -0.134. The molecule has 0 saturated heterocycles. The number of anilines is 1. The number of hydrogen-bond donors (Lipinski definition) is 7. The summed E-state index contributed by atoms with van der Waals surface area (Å²) in [4.78, 5) is 24.2. The van der Waals surface area contributed by atoms with Crippen LogP contribution < -0.4 is 37.7 Å². The minimum Gasteiger partial charge on any atom is -0.497 e. The van der Waals surface area contributed by atoms with Gasteiger partial charge in [-0.05, 0) is 48.7 Å². The first-order valence-electron chi connectivity index (χ1n) is 10.9. The Kier molecular flexibility index (Phi) is 10.0. The number of nitrogens with two attached hydrogens (primary N) is 3. The third-order valence-corrected chi connectivity index (χ3v) is 4.85. The predicted molar refractivity (Wildman–Crippen MR) is 140 cm³/mol. The number of aromatic amines is 1. The molecule has 0 aliphatic heterocycles. The van der Waals surface area contributed by atoms with Crippen LogP contribution in [0.2, 0.25) is 0 Å². The highest BCUT2D eigenvalue weighted by atomic mass is 19.1. The van der Waals surface area contributed by atoms with E-state index >= 15 is 4.39 Å². The van der Waals surface area contributed by atoms with Gasteiger partial charge in [-0.3, -0.25) is 15.2 Å². The monoisotopic (exact) mass is 528 g/mol. The van der Waals surface area contributed by atoms with Crippen molar-refractivity contribution in [3.05, 3.63) is 88.0 Å². The molecule has 202 valence electrons. The van der Waals surface area contributed by atoms with E-state index in [-0.39, 0.29) is 28.8 Å². The number of nitrogen functional groups attached to an aromatic ring is 1. The number of ether oxygens (including phenoxy) is 2. The van der Waals surface area contributed by atoms with Crippen LogP contribution in [-0.4, -0.2) is 45.9 Å². The van der Waals surface area contributed by atoms with E-state index in [9.17, 15) is 4.79 Å². The molecule has 2 aromatic carbocycles. The number of rotatable bonds is 9. The zero-order valence-electron chi connectivity index (χ0n) is 20.9. The third kappa shape index (κ3) is 7.36. The van der Waals surface area contributed by atoms with Crippen molar-refractivity contribution in [1.29, 1.82) is 5.41 Å². The molecule has 13 nitrogen and oxygen atoms in total. The second-order valence-electron chi connectivity index (χ2n) is 7.52. The SMILES string of the molecule is CC(=O)O.COc1cc(OC)c(F)c(C(Nc2ccc(C(=N)N)cc2)c2nn(/C(N)=C/C=C\N)c(=O)[nH]2)c1. The molecule has 0 bridgehead atoms. The maximum Gasteiger partial charge on any atom is 0.349 e. The molecular weight excluding hydrogens is 499 g/mol. The van der Waals surface area contributed by atoms with Crippen LogP contribution in [0.1, 0.15) is 29.9 Å². The van der Waals surface area contributed by atoms with Gasteiger partial charge in [0.25, 0.3) is 5.97 Å². The average Bonchev–Trinajstić information content (AvgIpc) is 3.27. The van der Waals surface area contributed by atoms with Crippen molar-refractivity contribution < 1.29 is 23.8 Å². The normalized spacial score (nSPS) is 11.8. The molecule has 1 heterocycles. The van der Waals surface area contributed by atoms with Crippen LogP contribution in [0, 0.1) is 11.2 Å². The number of allylic oxidation sites excluding steroid dienone is 2. The fourth-order valence-electron chi connectivity index (χ4n) is 3.15. The quantitative estimate of drug-likeness (QED) is 0.121. The molecule has 0 aliphatic carbocycles. The lowest BCUT2D eigenvalue weighted by atomic mass is 10.0. The number of aromatic nitrogens is 3. The number of H-pyrrole nitrogens is 1. The van der Waals surface area contributed by atoms with Crippen LogP contribution >= 0.6 is 0 Å². The molecule has 0 spiro atoms. The Morgan fingerprint density at radius 3 is 2.39 bits per heavy atom. The van der Waals surface area contributed by atoms with Crippen LogP contribution in [0.3, 0.4) is 0 Å². The zero-order chi connectivity index (χ0) is 28.4. The molecule has 0 amide bonds. The predicted octanol–water partition coefficient (Wildman–Crippen LogP) is 1.53. The van der Waals surface area contributed by atoms with Gasteiger partial charge in [0.05, 0.1) is 14.2 Å². The Bertz CT molecular complexity index is 1390. The lowest BCUT2D eigenvalue weighted by Crippen LogP contribution is -2.21. The Morgan fingerprint density at radius 2 is 1.87 bits per heavy atom. The maximum absolute atomic E-state index is 15.4. The fourth-order valence-corrected chi connectivity index (χ4v) is 3.15. The zero-order valence-corrected chi connectivity index (χ0v) is 20.9. The van der Waals surface area contributed by atoms with Crippen LogP contribution in [-0.2, 0) is 4.79 Å². The van der Waals surface area contributed by atoms with Crippen molar-refractivity contribution in [3.8, 4) is 11.5 Å². The molecule has 1 aromatic heterocycles. The van der Waals surface area contributed by atoms with E-state index in [1.54, 1.807) is 24.3 Å². The fraction of sp³-hybridized carbons (Fsp3) is 0.167. The van der Waals surface area contributed by atoms with Gasteiger partial charge < -0.3 is 37.1 Å². The van der Waals surface area contributed by atoms with Crippen molar-refractivity contribution in [2.45, 2.75) is 13.0 Å².